The SMILES string of the molecule is CC[S@](=O)[C@H]1CCCC[C@H]1NC1CN(C(=O)OC(C)(C)C)C1. The summed E-state index contributed by atoms with van der Waals surface area (Å²) in [5.74, 6) is 0.734. The molecule has 2 rings (SSSR count). The number of nitrogens with one attached hydrogen (secondary N) is 1. The Bertz CT molecular complexity index is 416. The first kappa shape index (κ1) is 17.7. The van der Waals surface area contributed by atoms with Crippen molar-refractivity contribution in [3.05, 3.63) is 0 Å². The van der Waals surface area contributed by atoms with Crippen molar-refractivity contribution in [1.29, 1.82) is 0 Å². The van der Waals surface area contributed by atoms with Crippen molar-refractivity contribution in [2.24, 2.45) is 0 Å². The van der Waals surface area contributed by atoms with Crippen LogP contribution in [0.2, 0.25) is 0 Å². The molecule has 1 aliphatic heterocycles. The molecule has 2 aliphatic rings. The molecule has 1 amide bonds. The Balaban J connectivity index is 1.78. The van der Waals surface area contributed by atoms with Gasteiger partial charge in [0.2, 0.25) is 0 Å². The summed E-state index contributed by atoms with van der Waals surface area (Å²) >= 11 is 0. The predicted octanol–water partition coefficient (Wildman–Crippen LogP) is 2.28. The zero-order valence-electron chi connectivity index (χ0n) is 14.3. The van der Waals surface area contributed by atoms with Crippen LogP contribution in [0.4, 0.5) is 4.79 Å². The van der Waals surface area contributed by atoms with Crippen LogP contribution < -0.4 is 5.32 Å². The van der Waals surface area contributed by atoms with Gasteiger partial charge in [0.1, 0.15) is 5.60 Å². The Morgan fingerprint density at radius 1 is 1.27 bits per heavy atom. The molecule has 0 bridgehead atoms. The molecule has 1 saturated carbocycles. The monoisotopic (exact) mass is 330 g/mol. The van der Waals surface area contributed by atoms with Crippen LogP contribution in [0.1, 0.15) is 53.4 Å². The Morgan fingerprint density at radius 3 is 2.50 bits per heavy atom. The van der Waals surface area contributed by atoms with Crippen LogP contribution in [0, 0.1) is 0 Å². The predicted molar refractivity (Wildman–Crippen MR) is 89.5 cm³/mol. The fourth-order valence-corrected chi connectivity index (χ4v) is 4.62. The molecule has 0 radical (unpaired) electrons. The van der Waals surface area contributed by atoms with E-state index in [0.29, 0.717) is 25.2 Å². The lowest BCUT2D eigenvalue weighted by atomic mass is 9.93. The summed E-state index contributed by atoms with van der Waals surface area (Å²) in [6.45, 7) is 9.02. The highest BCUT2D eigenvalue weighted by Crippen LogP contribution is 2.25. The number of carbonyl (C=O) groups is 1. The number of rotatable bonds is 4. The van der Waals surface area contributed by atoms with Crippen molar-refractivity contribution in [1.82, 2.24) is 10.2 Å². The maximum atomic E-state index is 12.2. The van der Waals surface area contributed by atoms with E-state index < -0.39 is 16.4 Å². The summed E-state index contributed by atoms with van der Waals surface area (Å²) in [6.07, 6.45) is 4.31. The van der Waals surface area contributed by atoms with Gasteiger partial charge in [0, 0.05) is 41.7 Å². The first-order chi connectivity index (χ1) is 10.3. The van der Waals surface area contributed by atoms with Crippen molar-refractivity contribution in [2.75, 3.05) is 18.8 Å². The summed E-state index contributed by atoms with van der Waals surface area (Å²) < 4.78 is 17.5. The third-order valence-electron chi connectivity index (χ3n) is 4.31. The van der Waals surface area contributed by atoms with Gasteiger partial charge in [0.25, 0.3) is 0 Å². The topological polar surface area (TPSA) is 58.6 Å². The minimum atomic E-state index is -0.736. The number of likely N-dealkylation sites (tertiary alicyclic amines) is 1. The number of amides is 1. The van der Waals surface area contributed by atoms with Gasteiger partial charge in [-0.1, -0.05) is 19.8 Å². The maximum Gasteiger partial charge on any atom is 0.410 e. The smallest absolute Gasteiger partial charge is 0.410 e. The molecular formula is C16H30N2O3S. The molecule has 6 heteroatoms. The van der Waals surface area contributed by atoms with Crippen LogP contribution in [0.25, 0.3) is 0 Å². The second kappa shape index (κ2) is 7.30. The highest BCUT2D eigenvalue weighted by atomic mass is 32.2. The van der Waals surface area contributed by atoms with Crippen LogP contribution in [0.3, 0.4) is 0 Å². The van der Waals surface area contributed by atoms with E-state index >= 15 is 0 Å². The highest BCUT2D eigenvalue weighted by Gasteiger charge is 2.37. The second-order valence-corrected chi connectivity index (χ2v) is 9.29. The number of hydrogen-bond donors (Lipinski definition) is 1. The van der Waals surface area contributed by atoms with E-state index in [0.717, 1.165) is 18.6 Å². The van der Waals surface area contributed by atoms with Crippen molar-refractivity contribution in [3.8, 4) is 0 Å². The van der Waals surface area contributed by atoms with Gasteiger partial charge in [-0.15, -0.1) is 0 Å². The molecule has 128 valence electrons. The molecule has 0 aromatic rings. The number of nitrogens with zero attached hydrogens (tertiary/aromatic N) is 1. The molecule has 0 aromatic carbocycles. The fraction of sp³-hybridized carbons (Fsp3) is 0.938. The van der Waals surface area contributed by atoms with Crippen LogP contribution in [0.5, 0.6) is 0 Å². The van der Waals surface area contributed by atoms with Crippen molar-refractivity contribution in [3.63, 3.8) is 0 Å². The van der Waals surface area contributed by atoms with Crippen LogP contribution in [-0.4, -0.2) is 57.0 Å². The minimum absolute atomic E-state index is 0.233. The molecule has 0 aromatic heterocycles. The Kier molecular flexibility index (Phi) is 5.88. The quantitative estimate of drug-likeness (QED) is 0.859. The first-order valence-electron chi connectivity index (χ1n) is 8.41. The maximum absolute atomic E-state index is 12.2. The van der Waals surface area contributed by atoms with Crippen LogP contribution in [-0.2, 0) is 15.5 Å². The zero-order valence-corrected chi connectivity index (χ0v) is 15.1. The second-order valence-electron chi connectivity index (χ2n) is 7.35. The average Bonchev–Trinajstić information content (AvgIpc) is 2.39. The van der Waals surface area contributed by atoms with Crippen molar-refractivity contribution >= 4 is 16.9 Å². The number of ether oxygens (including phenoxy) is 1. The molecule has 22 heavy (non-hydrogen) atoms. The van der Waals surface area contributed by atoms with Crippen molar-refractivity contribution in [2.45, 2.75) is 76.3 Å². The van der Waals surface area contributed by atoms with Gasteiger partial charge in [-0.05, 0) is 33.6 Å². The summed E-state index contributed by atoms with van der Waals surface area (Å²) in [7, 11) is -0.736. The van der Waals surface area contributed by atoms with Gasteiger partial charge in [-0.25, -0.2) is 4.79 Å². The van der Waals surface area contributed by atoms with E-state index in [-0.39, 0.29) is 11.3 Å². The van der Waals surface area contributed by atoms with Crippen LogP contribution in [0.15, 0.2) is 0 Å². The third-order valence-corrected chi connectivity index (χ3v) is 6.12. The van der Waals surface area contributed by atoms with Gasteiger partial charge >= 0.3 is 6.09 Å². The Morgan fingerprint density at radius 2 is 1.91 bits per heavy atom. The summed E-state index contributed by atoms with van der Waals surface area (Å²) in [4.78, 5) is 13.7. The summed E-state index contributed by atoms with van der Waals surface area (Å²) in [5.41, 5.74) is -0.442. The molecule has 3 atom stereocenters. The molecule has 1 heterocycles. The molecule has 5 nitrogen and oxygen atoms in total. The zero-order chi connectivity index (χ0) is 16.3. The van der Waals surface area contributed by atoms with E-state index in [1.807, 2.05) is 27.7 Å². The molecule has 2 fully saturated rings. The first-order valence-corrected chi connectivity index (χ1v) is 9.79. The van der Waals surface area contributed by atoms with Gasteiger partial charge in [0.15, 0.2) is 0 Å². The van der Waals surface area contributed by atoms with Gasteiger partial charge in [-0.2, -0.15) is 0 Å². The molecular weight excluding hydrogens is 300 g/mol. The number of hydrogen-bond acceptors (Lipinski definition) is 4. The van der Waals surface area contributed by atoms with E-state index in [9.17, 15) is 9.00 Å². The van der Waals surface area contributed by atoms with E-state index in [1.165, 1.54) is 12.8 Å². The molecule has 0 unspecified atom stereocenters. The molecule has 1 saturated heterocycles. The lowest BCUT2D eigenvalue weighted by Gasteiger charge is -2.43. The molecule has 0 spiro atoms. The fourth-order valence-electron chi connectivity index (χ4n) is 3.18. The van der Waals surface area contributed by atoms with Gasteiger partial charge in [0.05, 0.1) is 5.25 Å². The van der Waals surface area contributed by atoms with E-state index in [4.69, 9.17) is 4.74 Å². The van der Waals surface area contributed by atoms with E-state index in [2.05, 4.69) is 5.32 Å². The normalized spacial score (nSPS) is 28.1. The van der Waals surface area contributed by atoms with Crippen molar-refractivity contribution < 1.29 is 13.7 Å². The standard InChI is InChI=1S/C16H30N2O3S/c1-5-22(20)14-9-7-6-8-13(14)17-12-10-18(11-12)15(19)21-16(2,3)4/h12-14,17H,5-11H2,1-4H3/t13-,14+,22+/m1/s1. The largest absolute Gasteiger partial charge is 0.444 e. The average molecular weight is 330 g/mol. The van der Waals surface area contributed by atoms with Gasteiger partial charge in [-0.3, -0.25) is 4.21 Å². The van der Waals surface area contributed by atoms with Gasteiger partial charge < -0.3 is 15.0 Å². The Hall–Kier alpha value is -0.620. The third kappa shape index (κ3) is 4.69. The van der Waals surface area contributed by atoms with Crippen LogP contribution >= 0.6 is 0 Å². The summed E-state index contributed by atoms with van der Waals surface area (Å²) in [6, 6.07) is 0.646. The Labute approximate surface area is 136 Å². The van der Waals surface area contributed by atoms with E-state index in [1.54, 1.807) is 4.90 Å². The molecule has 1 N–H and O–H groups in total. The number of carbonyl (C=O) groups excluding carboxylic acids is 1. The lowest BCUT2D eigenvalue weighted by molar-refractivity contribution is 0.00374. The molecule has 1 aliphatic carbocycles. The lowest BCUT2D eigenvalue weighted by Crippen LogP contribution is -2.64. The highest BCUT2D eigenvalue weighted by molar-refractivity contribution is 7.85. The summed E-state index contributed by atoms with van der Waals surface area (Å²) in [5, 5.41) is 3.90. The minimum Gasteiger partial charge on any atom is -0.444 e.